The molecule has 2 aromatic carbocycles. The molecule has 0 aliphatic rings. The van der Waals surface area contributed by atoms with Gasteiger partial charge < -0.3 is 5.32 Å². The fourth-order valence-electron chi connectivity index (χ4n) is 2.87. The predicted octanol–water partition coefficient (Wildman–Crippen LogP) is 3.74. The van der Waals surface area contributed by atoms with Gasteiger partial charge >= 0.3 is 0 Å². The SMILES string of the molecule is CS[C@@](C(=O)Nc1ccccc1)(C(C)C)n1nnc2ccccc21. The summed E-state index contributed by atoms with van der Waals surface area (Å²) in [5.74, 6) is -0.0897. The van der Waals surface area contributed by atoms with E-state index in [0.29, 0.717) is 0 Å². The van der Waals surface area contributed by atoms with Crippen molar-refractivity contribution in [3.05, 3.63) is 54.6 Å². The standard InChI is InChI=1S/C18H20N4OS/c1-13(2)18(24-3,17(23)19-14-9-5-4-6-10-14)22-16-12-8-7-11-15(16)20-21-22/h4-13H,1-3H3,(H,19,23)/t18-/m1/s1. The van der Waals surface area contributed by atoms with E-state index in [1.807, 2.05) is 74.7 Å². The Morgan fingerprint density at radius 3 is 2.46 bits per heavy atom. The molecule has 0 bridgehead atoms. The van der Waals surface area contributed by atoms with Gasteiger partial charge in [-0.15, -0.1) is 16.9 Å². The molecule has 1 atom stereocenters. The van der Waals surface area contributed by atoms with Crippen LogP contribution in [0.25, 0.3) is 11.0 Å². The molecule has 0 saturated carbocycles. The Hall–Kier alpha value is -2.34. The normalized spacial score (nSPS) is 13.8. The molecule has 3 aromatic rings. The fraction of sp³-hybridized carbons (Fsp3) is 0.278. The van der Waals surface area contributed by atoms with Crippen LogP contribution in [-0.4, -0.2) is 27.2 Å². The summed E-state index contributed by atoms with van der Waals surface area (Å²) in [6.45, 7) is 4.05. The average Bonchev–Trinajstić information content (AvgIpc) is 3.01. The van der Waals surface area contributed by atoms with Gasteiger partial charge in [-0.2, -0.15) is 0 Å². The Morgan fingerprint density at radius 1 is 1.12 bits per heavy atom. The van der Waals surface area contributed by atoms with Crippen molar-refractivity contribution in [2.24, 2.45) is 5.92 Å². The zero-order chi connectivity index (χ0) is 17.2. The first-order valence-electron chi connectivity index (χ1n) is 7.82. The molecule has 1 N–H and O–H groups in total. The number of nitrogens with zero attached hydrogens (tertiary/aromatic N) is 3. The zero-order valence-corrected chi connectivity index (χ0v) is 14.7. The number of carbonyl (C=O) groups is 1. The molecule has 1 aromatic heterocycles. The van der Waals surface area contributed by atoms with Crippen molar-refractivity contribution >= 4 is 34.4 Å². The molecule has 5 nitrogen and oxygen atoms in total. The van der Waals surface area contributed by atoms with Crippen LogP contribution in [0.2, 0.25) is 0 Å². The van der Waals surface area contributed by atoms with Gasteiger partial charge in [0.1, 0.15) is 5.52 Å². The first-order chi connectivity index (χ1) is 11.6. The van der Waals surface area contributed by atoms with E-state index in [0.717, 1.165) is 16.7 Å². The third kappa shape index (κ3) is 2.67. The number of amides is 1. The summed E-state index contributed by atoms with van der Waals surface area (Å²) in [6, 6.07) is 17.2. The number of hydrogen-bond donors (Lipinski definition) is 1. The average molecular weight is 340 g/mol. The summed E-state index contributed by atoms with van der Waals surface area (Å²) < 4.78 is 1.75. The number of aromatic nitrogens is 3. The maximum atomic E-state index is 13.2. The first kappa shape index (κ1) is 16.5. The summed E-state index contributed by atoms with van der Waals surface area (Å²) >= 11 is 1.47. The van der Waals surface area contributed by atoms with Crippen LogP contribution < -0.4 is 5.32 Å². The number of fused-ring (bicyclic) bond motifs is 1. The number of anilines is 1. The highest BCUT2D eigenvalue weighted by atomic mass is 32.2. The van der Waals surface area contributed by atoms with Gasteiger partial charge in [0.05, 0.1) is 5.52 Å². The first-order valence-corrected chi connectivity index (χ1v) is 9.04. The lowest BCUT2D eigenvalue weighted by atomic mass is 10.0. The van der Waals surface area contributed by atoms with Crippen LogP contribution in [0.4, 0.5) is 5.69 Å². The maximum Gasteiger partial charge on any atom is 0.263 e. The second-order valence-corrected chi connectivity index (χ2v) is 6.90. The number of para-hydroxylation sites is 2. The summed E-state index contributed by atoms with van der Waals surface area (Å²) in [4.78, 5) is 12.3. The Morgan fingerprint density at radius 2 is 1.79 bits per heavy atom. The van der Waals surface area contributed by atoms with E-state index in [-0.39, 0.29) is 11.8 Å². The molecule has 0 radical (unpaired) electrons. The minimum Gasteiger partial charge on any atom is -0.323 e. The predicted molar refractivity (Wildman–Crippen MR) is 98.9 cm³/mol. The van der Waals surface area contributed by atoms with Gasteiger partial charge in [-0.1, -0.05) is 49.4 Å². The minimum absolute atomic E-state index is 0.0151. The Balaban J connectivity index is 2.09. The van der Waals surface area contributed by atoms with E-state index in [1.54, 1.807) is 4.68 Å². The molecule has 0 aliphatic heterocycles. The monoisotopic (exact) mass is 340 g/mol. The highest BCUT2D eigenvalue weighted by Gasteiger charge is 2.45. The van der Waals surface area contributed by atoms with Gasteiger partial charge in [-0.05, 0) is 36.4 Å². The maximum absolute atomic E-state index is 13.2. The second-order valence-electron chi connectivity index (χ2n) is 5.87. The van der Waals surface area contributed by atoms with Gasteiger partial charge in [0, 0.05) is 5.69 Å². The van der Waals surface area contributed by atoms with Crippen molar-refractivity contribution in [3.63, 3.8) is 0 Å². The smallest absolute Gasteiger partial charge is 0.263 e. The number of thioether (sulfide) groups is 1. The van der Waals surface area contributed by atoms with Gasteiger partial charge in [-0.25, -0.2) is 4.68 Å². The molecule has 3 rings (SSSR count). The summed E-state index contributed by atoms with van der Waals surface area (Å²) in [7, 11) is 0. The van der Waals surface area contributed by atoms with Crippen LogP contribution in [0.3, 0.4) is 0 Å². The molecule has 0 saturated heterocycles. The molecule has 1 heterocycles. The largest absolute Gasteiger partial charge is 0.323 e. The minimum atomic E-state index is -0.883. The van der Waals surface area contributed by atoms with Gasteiger partial charge in [0.2, 0.25) is 0 Å². The van der Waals surface area contributed by atoms with Crippen LogP contribution in [0, 0.1) is 5.92 Å². The lowest BCUT2D eigenvalue weighted by Gasteiger charge is -2.34. The van der Waals surface area contributed by atoms with Crippen molar-refractivity contribution in [3.8, 4) is 0 Å². The molecule has 1 amide bonds. The number of hydrogen-bond acceptors (Lipinski definition) is 4. The Bertz CT molecular complexity index is 846. The van der Waals surface area contributed by atoms with Gasteiger partial charge in [0.25, 0.3) is 5.91 Å². The van der Waals surface area contributed by atoms with Crippen LogP contribution in [0.1, 0.15) is 13.8 Å². The Kier molecular flexibility index (Phi) is 4.57. The quantitative estimate of drug-likeness (QED) is 0.768. The van der Waals surface area contributed by atoms with Crippen molar-refractivity contribution in [1.82, 2.24) is 15.0 Å². The summed E-state index contributed by atoms with van der Waals surface area (Å²) in [5.41, 5.74) is 2.40. The fourth-order valence-corrected chi connectivity index (χ4v) is 3.89. The lowest BCUT2D eigenvalue weighted by Crippen LogP contribution is -2.47. The van der Waals surface area contributed by atoms with Crippen LogP contribution in [0.5, 0.6) is 0 Å². The third-order valence-corrected chi connectivity index (χ3v) is 5.57. The highest BCUT2D eigenvalue weighted by Crippen LogP contribution is 2.39. The number of benzene rings is 2. The Labute approximate surface area is 145 Å². The molecule has 0 unspecified atom stereocenters. The van der Waals surface area contributed by atoms with Crippen molar-refractivity contribution in [2.45, 2.75) is 18.7 Å². The van der Waals surface area contributed by atoms with Crippen LogP contribution in [0.15, 0.2) is 54.6 Å². The lowest BCUT2D eigenvalue weighted by molar-refractivity contribution is -0.122. The van der Waals surface area contributed by atoms with Crippen molar-refractivity contribution in [1.29, 1.82) is 0 Å². The van der Waals surface area contributed by atoms with Gasteiger partial charge in [0.15, 0.2) is 4.87 Å². The van der Waals surface area contributed by atoms with Crippen molar-refractivity contribution in [2.75, 3.05) is 11.6 Å². The number of rotatable bonds is 5. The molecule has 6 heteroatoms. The summed E-state index contributed by atoms with van der Waals surface area (Å²) in [5, 5.41) is 11.6. The van der Waals surface area contributed by atoms with Gasteiger partial charge in [-0.3, -0.25) is 4.79 Å². The molecule has 0 fully saturated rings. The van der Waals surface area contributed by atoms with Crippen LogP contribution >= 0.6 is 11.8 Å². The zero-order valence-electron chi connectivity index (χ0n) is 13.9. The number of carbonyl (C=O) groups excluding carboxylic acids is 1. The van der Waals surface area contributed by atoms with E-state index < -0.39 is 4.87 Å². The third-order valence-electron chi connectivity index (χ3n) is 4.12. The van der Waals surface area contributed by atoms with E-state index in [2.05, 4.69) is 15.6 Å². The van der Waals surface area contributed by atoms with Crippen molar-refractivity contribution < 1.29 is 4.79 Å². The molecular weight excluding hydrogens is 320 g/mol. The van der Waals surface area contributed by atoms with E-state index in [1.165, 1.54) is 11.8 Å². The van der Waals surface area contributed by atoms with Crippen LogP contribution in [-0.2, 0) is 9.67 Å². The molecule has 0 aliphatic carbocycles. The molecule has 124 valence electrons. The topological polar surface area (TPSA) is 59.8 Å². The van der Waals surface area contributed by atoms with E-state index >= 15 is 0 Å². The summed E-state index contributed by atoms with van der Waals surface area (Å²) in [6.07, 6.45) is 1.93. The highest BCUT2D eigenvalue weighted by molar-refractivity contribution is 8.00. The second kappa shape index (κ2) is 6.65. The molecular formula is C18H20N4OS. The van der Waals surface area contributed by atoms with E-state index in [9.17, 15) is 4.79 Å². The number of nitrogens with one attached hydrogen (secondary N) is 1. The van der Waals surface area contributed by atoms with E-state index in [4.69, 9.17) is 0 Å². The molecule has 0 spiro atoms. The molecule has 24 heavy (non-hydrogen) atoms.